The predicted molar refractivity (Wildman–Crippen MR) is 121 cm³/mol. The first-order valence-electron chi connectivity index (χ1n) is 9.61. The minimum atomic E-state index is -0.661. The van der Waals surface area contributed by atoms with E-state index in [1.54, 1.807) is 0 Å². The fourth-order valence-electron chi connectivity index (χ4n) is 3.77. The number of benzene rings is 2. The number of hydrogen-bond donors (Lipinski definition) is 1. The van der Waals surface area contributed by atoms with Crippen LogP contribution in [0.5, 0.6) is 5.75 Å². The molecule has 2 aromatic carbocycles. The molecule has 1 N–H and O–H groups in total. The molecule has 0 saturated carbocycles. The molecule has 2 unspecified atom stereocenters. The lowest BCUT2D eigenvalue weighted by atomic mass is 10.1. The highest BCUT2D eigenvalue weighted by atomic mass is 35.5. The Labute approximate surface area is 193 Å². The summed E-state index contributed by atoms with van der Waals surface area (Å²) in [7, 11) is 0. The predicted octanol–water partition coefficient (Wildman–Crippen LogP) is 5.29. The van der Waals surface area contributed by atoms with Crippen LogP contribution >= 0.6 is 35.6 Å². The van der Waals surface area contributed by atoms with Gasteiger partial charge in [0.15, 0.2) is 0 Å². The fourth-order valence-corrected chi connectivity index (χ4v) is 4.27. The first-order valence-corrected chi connectivity index (χ1v) is 10.4. The number of halogens is 4. The van der Waals surface area contributed by atoms with Gasteiger partial charge in [0.25, 0.3) is 0 Å². The molecule has 0 aliphatic carbocycles. The number of ether oxygens (including phenoxy) is 2. The summed E-state index contributed by atoms with van der Waals surface area (Å²) in [4.78, 5) is 2.07. The fraction of sp³-hybridized carbons (Fsp3) is 0.455. The number of rotatable bonds is 6. The molecule has 1 fully saturated rings. The molecule has 1 heterocycles. The first-order chi connectivity index (χ1) is 13.7. The largest absolute Gasteiger partial charge is 0.490 e. The minimum absolute atomic E-state index is 0. The Hall–Kier alpha value is -1.08. The van der Waals surface area contributed by atoms with Crippen LogP contribution in [0.4, 0.5) is 4.39 Å². The number of β-amino-alcohol motifs (C(OH)–C–C–N with tert-alkyl or cyclic N) is 1. The van der Waals surface area contributed by atoms with Crippen molar-refractivity contribution in [3.8, 4) is 5.75 Å². The Balaban J connectivity index is 0.00000320. The summed E-state index contributed by atoms with van der Waals surface area (Å²) >= 11 is 12.0. The highest BCUT2D eigenvalue weighted by Gasteiger charge is 2.26. The Bertz CT molecular complexity index is 858. The van der Waals surface area contributed by atoms with Crippen LogP contribution in [-0.2, 0) is 4.74 Å². The van der Waals surface area contributed by atoms with E-state index >= 15 is 0 Å². The molecule has 0 bridgehead atoms. The number of aliphatic hydroxyl groups excluding tert-OH is 1. The lowest BCUT2D eigenvalue weighted by molar-refractivity contribution is -0.0460. The zero-order valence-corrected chi connectivity index (χ0v) is 19.6. The zero-order chi connectivity index (χ0) is 21.1. The molecule has 4 nitrogen and oxygen atoms in total. The number of aliphatic hydroxyl groups is 1. The van der Waals surface area contributed by atoms with Crippen molar-refractivity contribution in [3.63, 3.8) is 0 Å². The van der Waals surface area contributed by atoms with Gasteiger partial charge in [-0.05, 0) is 44.0 Å². The van der Waals surface area contributed by atoms with Crippen molar-refractivity contribution < 1.29 is 19.0 Å². The summed E-state index contributed by atoms with van der Waals surface area (Å²) in [5.41, 5.74) is 3.86. The van der Waals surface area contributed by atoms with E-state index in [0.717, 1.165) is 16.9 Å². The van der Waals surface area contributed by atoms with Gasteiger partial charge in [-0.15, -0.1) is 12.4 Å². The Morgan fingerprint density at radius 2 is 1.83 bits per heavy atom. The second-order valence-electron chi connectivity index (χ2n) is 7.60. The van der Waals surface area contributed by atoms with E-state index in [0.29, 0.717) is 36.8 Å². The summed E-state index contributed by atoms with van der Waals surface area (Å²) in [5.74, 6) is 0.294. The van der Waals surface area contributed by atoms with Gasteiger partial charge < -0.3 is 14.6 Å². The second-order valence-corrected chi connectivity index (χ2v) is 8.41. The van der Waals surface area contributed by atoms with Crippen LogP contribution in [0.1, 0.15) is 28.4 Å². The van der Waals surface area contributed by atoms with Crippen molar-refractivity contribution in [2.45, 2.75) is 33.0 Å². The Morgan fingerprint density at radius 1 is 1.17 bits per heavy atom. The monoisotopic (exact) mass is 477 g/mol. The molecular formula is C22H27Cl3FNO3. The Kier molecular flexibility index (Phi) is 9.22. The second kappa shape index (κ2) is 11.0. The summed E-state index contributed by atoms with van der Waals surface area (Å²) in [6.07, 6.45) is -1.04. The number of aryl methyl sites for hydroxylation is 3. The average molecular weight is 479 g/mol. The maximum atomic E-state index is 13.9. The van der Waals surface area contributed by atoms with Gasteiger partial charge in [-0.2, -0.15) is 0 Å². The summed E-state index contributed by atoms with van der Waals surface area (Å²) in [6, 6.07) is 6.85. The average Bonchev–Trinajstić information content (AvgIpc) is 2.64. The summed E-state index contributed by atoms with van der Waals surface area (Å²) < 4.78 is 25.5. The maximum absolute atomic E-state index is 13.9. The third-order valence-corrected chi connectivity index (χ3v) is 5.65. The smallest absolute Gasteiger partial charge is 0.142 e. The highest BCUT2D eigenvalue weighted by molar-refractivity contribution is 6.35. The molecule has 2 atom stereocenters. The van der Waals surface area contributed by atoms with E-state index in [1.807, 2.05) is 20.8 Å². The molecule has 1 aliphatic heterocycles. The minimum Gasteiger partial charge on any atom is -0.490 e. The first kappa shape index (κ1) is 25.2. The molecule has 1 aliphatic rings. The van der Waals surface area contributed by atoms with Gasteiger partial charge in [-0.3, -0.25) is 4.90 Å². The maximum Gasteiger partial charge on any atom is 0.142 e. The lowest BCUT2D eigenvalue weighted by Crippen LogP contribution is -2.43. The van der Waals surface area contributed by atoms with E-state index in [9.17, 15) is 9.50 Å². The lowest BCUT2D eigenvalue weighted by Gasteiger charge is -2.34. The Morgan fingerprint density at radius 3 is 2.50 bits per heavy atom. The molecular weight excluding hydrogens is 452 g/mol. The van der Waals surface area contributed by atoms with Gasteiger partial charge in [0.05, 0.1) is 17.7 Å². The SMILES string of the molecule is Cc1cc(C)c(OCC(O)CN2CCOC(c3cc(F)c(Cl)cc3Cl)C2)c(C)c1.Cl. The summed E-state index contributed by atoms with van der Waals surface area (Å²) in [5, 5.41) is 10.8. The van der Waals surface area contributed by atoms with Crippen molar-refractivity contribution in [1.82, 2.24) is 4.90 Å². The van der Waals surface area contributed by atoms with Crippen molar-refractivity contribution in [1.29, 1.82) is 0 Å². The van der Waals surface area contributed by atoms with Gasteiger partial charge in [-0.1, -0.05) is 40.9 Å². The van der Waals surface area contributed by atoms with Crippen molar-refractivity contribution in [2.75, 3.05) is 32.8 Å². The molecule has 166 valence electrons. The molecule has 30 heavy (non-hydrogen) atoms. The van der Waals surface area contributed by atoms with Crippen LogP contribution in [0.15, 0.2) is 24.3 Å². The van der Waals surface area contributed by atoms with E-state index < -0.39 is 11.9 Å². The van der Waals surface area contributed by atoms with Gasteiger partial charge in [0.2, 0.25) is 0 Å². The molecule has 0 aromatic heterocycles. The molecule has 0 spiro atoms. The van der Waals surface area contributed by atoms with E-state index in [-0.39, 0.29) is 30.1 Å². The van der Waals surface area contributed by atoms with Gasteiger partial charge in [0, 0.05) is 30.2 Å². The third-order valence-electron chi connectivity index (χ3n) is 5.03. The molecule has 3 rings (SSSR count). The quantitative estimate of drug-likeness (QED) is 0.573. The highest BCUT2D eigenvalue weighted by Crippen LogP contribution is 2.32. The van der Waals surface area contributed by atoms with Crippen LogP contribution in [0.25, 0.3) is 0 Å². The van der Waals surface area contributed by atoms with Crippen LogP contribution in [0, 0.1) is 26.6 Å². The normalized spacial score (nSPS) is 18.0. The molecule has 0 radical (unpaired) electrons. The molecule has 2 aromatic rings. The molecule has 1 saturated heterocycles. The van der Waals surface area contributed by atoms with Crippen molar-refractivity contribution in [2.24, 2.45) is 0 Å². The van der Waals surface area contributed by atoms with E-state index in [2.05, 4.69) is 17.0 Å². The zero-order valence-electron chi connectivity index (χ0n) is 17.3. The standard InChI is InChI=1S/C22H26Cl2FNO3.ClH/c1-13-6-14(2)22(15(3)7-13)29-12-16(27)10-26-4-5-28-21(11-26)17-8-20(25)19(24)9-18(17)23;/h6-9,16,21,27H,4-5,10-12H2,1-3H3;1H. The molecule has 0 amide bonds. The van der Waals surface area contributed by atoms with Crippen LogP contribution < -0.4 is 4.74 Å². The topological polar surface area (TPSA) is 41.9 Å². The number of morpholine rings is 1. The van der Waals surface area contributed by atoms with Crippen LogP contribution in [-0.4, -0.2) is 49.0 Å². The molecule has 8 heteroatoms. The number of nitrogens with zero attached hydrogens (tertiary/aromatic N) is 1. The van der Waals surface area contributed by atoms with E-state index in [1.165, 1.54) is 17.7 Å². The van der Waals surface area contributed by atoms with Crippen molar-refractivity contribution in [3.05, 3.63) is 62.4 Å². The van der Waals surface area contributed by atoms with Crippen LogP contribution in [0.2, 0.25) is 10.0 Å². The van der Waals surface area contributed by atoms with Gasteiger partial charge in [-0.25, -0.2) is 4.39 Å². The third kappa shape index (κ3) is 6.22. The summed E-state index contributed by atoms with van der Waals surface area (Å²) in [6.45, 7) is 8.32. The van der Waals surface area contributed by atoms with Crippen LogP contribution in [0.3, 0.4) is 0 Å². The van der Waals surface area contributed by atoms with E-state index in [4.69, 9.17) is 32.7 Å². The van der Waals surface area contributed by atoms with Gasteiger partial charge in [0.1, 0.15) is 24.3 Å². The van der Waals surface area contributed by atoms with Gasteiger partial charge >= 0.3 is 0 Å². The number of hydrogen-bond acceptors (Lipinski definition) is 4. The van der Waals surface area contributed by atoms with Crippen molar-refractivity contribution >= 4 is 35.6 Å².